The van der Waals surface area contributed by atoms with Gasteiger partial charge < -0.3 is 5.32 Å². The summed E-state index contributed by atoms with van der Waals surface area (Å²) in [4.78, 5) is 16.6. The number of anilines is 1. The minimum absolute atomic E-state index is 0.0569. The Kier molecular flexibility index (Phi) is 6.05. The van der Waals surface area contributed by atoms with Gasteiger partial charge in [-0.1, -0.05) is 17.3 Å². The Morgan fingerprint density at radius 2 is 1.80 bits per heavy atom. The fourth-order valence-electron chi connectivity index (χ4n) is 3.26. The van der Waals surface area contributed by atoms with E-state index in [0.717, 1.165) is 10.7 Å². The monoisotopic (exact) mass is 495 g/mol. The molecule has 1 unspecified atom stereocenters. The first kappa shape index (κ1) is 23.9. The first-order valence-corrected chi connectivity index (χ1v) is 9.91. The zero-order chi connectivity index (χ0) is 25.4. The van der Waals surface area contributed by atoms with E-state index in [9.17, 15) is 31.1 Å². The van der Waals surface area contributed by atoms with E-state index in [1.807, 2.05) is 0 Å². The zero-order valence-corrected chi connectivity index (χ0v) is 17.7. The van der Waals surface area contributed by atoms with Gasteiger partial charge in [-0.25, -0.2) is 9.67 Å². The molecule has 1 aromatic carbocycles. The van der Waals surface area contributed by atoms with Gasteiger partial charge in [-0.3, -0.25) is 9.48 Å². The molecule has 0 aliphatic carbocycles. The van der Waals surface area contributed by atoms with Crippen molar-refractivity contribution in [1.29, 1.82) is 0 Å². The van der Waals surface area contributed by atoms with E-state index in [0.29, 0.717) is 11.9 Å². The predicted molar refractivity (Wildman–Crippen MR) is 110 cm³/mol. The molecule has 0 saturated heterocycles. The molecule has 1 amide bonds. The average molecular weight is 495 g/mol. The smallest absolute Gasteiger partial charge is 0.318 e. The van der Waals surface area contributed by atoms with Gasteiger partial charge in [0.05, 0.1) is 35.2 Å². The minimum atomic E-state index is -5.02. The van der Waals surface area contributed by atoms with Crippen LogP contribution < -0.4 is 5.32 Å². The second kappa shape index (κ2) is 8.85. The molecule has 3 heterocycles. The molecule has 0 radical (unpaired) electrons. The SMILES string of the molecule is CC(c1ccc(C(F)(F)F)cc1C(F)(F)F)n1cc(NC(=O)c2cn(-c3ccccn3)nn2)cn1. The highest BCUT2D eigenvalue weighted by Gasteiger charge is 2.39. The Morgan fingerprint density at radius 3 is 2.46 bits per heavy atom. The summed E-state index contributed by atoms with van der Waals surface area (Å²) in [6, 6.07) is 5.41. The molecule has 0 saturated carbocycles. The van der Waals surface area contributed by atoms with E-state index in [1.54, 1.807) is 18.2 Å². The van der Waals surface area contributed by atoms with Gasteiger partial charge in [-0.2, -0.15) is 31.4 Å². The van der Waals surface area contributed by atoms with Crippen molar-refractivity contribution in [2.24, 2.45) is 0 Å². The number of halogens is 6. The largest absolute Gasteiger partial charge is 0.416 e. The van der Waals surface area contributed by atoms with E-state index in [2.05, 4.69) is 25.7 Å². The number of carbonyl (C=O) groups is 1. The molecule has 8 nitrogen and oxygen atoms in total. The minimum Gasteiger partial charge on any atom is -0.318 e. The quantitative estimate of drug-likeness (QED) is 0.404. The third-order valence-electron chi connectivity index (χ3n) is 5.00. The molecule has 14 heteroatoms. The van der Waals surface area contributed by atoms with Crippen LogP contribution in [0.2, 0.25) is 0 Å². The van der Waals surface area contributed by atoms with Gasteiger partial charge in [0.2, 0.25) is 0 Å². The molecule has 0 fully saturated rings. The van der Waals surface area contributed by atoms with Crippen molar-refractivity contribution in [2.45, 2.75) is 25.3 Å². The van der Waals surface area contributed by atoms with Crippen LogP contribution in [0.25, 0.3) is 5.82 Å². The van der Waals surface area contributed by atoms with Gasteiger partial charge in [-0.15, -0.1) is 5.10 Å². The lowest BCUT2D eigenvalue weighted by atomic mass is 9.98. The van der Waals surface area contributed by atoms with Gasteiger partial charge >= 0.3 is 12.4 Å². The van der Waals surface area contributed by atoms with Crippen molar-refractivity contribution >= 4 is 11.6 Å². The van der Waals surface area contributed by atoms with Gasteiger partial charge in [0, 0.05) is 12.4 Å². The van der Waals surface area contributed by atoms with E-state index < -0.39 is 41.0 Å². The summed E-state index contributed by atoms with van der Waals surface area (Å²) in [6.07, 6.45) is -4.63. The summed E-state index contributed by atoms with van der Waals surface area (Å²) < 4.78 is 81.7. The second-order valence-corrected chi connectivity index (χ2v) is 7.37. The zero-order valence-electron chi connectivity index (χ0n) is 17.7. The van der Waals surface area contributed by atoms with Crippen molar-refractivity contribution in [3.05, 3.63) is 83.6 Å². The van der Waals surface area contributed by atoms with Crippen molar-refractivity contribution in [1.82, 2.24) is 29.8 Å². The molecule has 0 aliphatic rings. The Bertz CT molecular complexity index is 1340. The van der Waals surface area contributed by atoms with Crippen LogP contribution in [0.3, 0.4) is 0 Å². The second-order valence-electron chi connectivity index (χ2n) is 7.37. The number of carbonyl (C=O) groups excluding carboxylic acids is 1. The number of amides is 1. The Morgan fingerprint density at radius 1 is 1.03 bits per heavy atom. The number of pyridine rings is 1. The Labute approximate surface area is 193 Å². The molecule has 0 spiro atoms. The van der Waals surface area contributed by atoms with Gasteiger partial charge in [0.15, 0.2) is 11.5 Å². The molecule has 1 N–H and O–H groups in total. The molecule has 182 valence electrons. The van der Waals surface area contributed by atoms with Crippen LogP contribution in [0.4, 0.5) is 32.0 Å². The highest BCUT2D eigenvalue weighted by molar-refractivity contribution is 6.02. The summed E-state index contributed by atoms with van der Waals surface area (Å²) in [5.74, 6) is -0.234. The summed E-state index contributed by atoms with van der Waals surface area (Å²) in [6.45, 7) is 1.34. The Balaban J connectivity index is 1.54. The standard InChI is InChI=1S/C21H15F6N7O/c1-12(15-6-5-13(20(22,23)24)8-16(15)21(25,26)27)33-10-14(9-29-33)30-19(35)17-11-34(32-31-17)18-4-2-3-7-28-18/h2-12H,1H3,(H,30,35). The number of hydrogen-bond acceptors (Lipinski definition) is 5. The van der Waals surface area contributed by atoms with Crippen LogP contribution >= 0.6 is 0 Å². The average Bonchev–Trinajstić information content (AvgIpc) is 3.48. The van der Waals surface area contributed by atoms with E-state index >= 15 is 0 Å². The molecule has 0 aliphatic heterocycles. The van der Waals surface area contributed by atoms with Crippen molar-refractivity contribution in [2.75, 3.05) is 5.32 Å². The van der Waals surface area contributed by atoms with Crippen LogP contribution in [0.15, 0.2) is 61.2 Å². The molecule has 35 heavy (non-hydrogen) atoms. The normalized spacial score (nSPS) is 13.0. The maximum atomic E-state index is 13.5. The number of nitrogens with one attached hydrogen (secondary N) is 1. The summed E-state index contributed by atoms with van der Waals surface area (Å²) in [5.41, 5.74) is -3.17. The van der Waals surface area contributed by atoms with Crippen LogP contribution in [0.5, 0.6) is 0 Å². The lowest BCUT2D eigenvalue weighted by Gasteiger charge is -2.20. The lowest BCUT2D eigenvalue weighted by Crippen LogP contribution is -2.17. The maximum Gasteiger partial charge on any atom is 0.416 e. The highest BCUT2D eigenvalue weighted by Crippen LogP contribution is 2.39. The summed E-state index contributed by atoms with van der Waals surface area (Å²) in [7, 11) is 0. The third-order valence-corrected chi connectivity index (χ3v) is 5.00. The van der Waals surface area contributed by atoms with E-state index in [1.165, 1.54) is 36.4 Å². The molecule has 0 bridgehead atoms. The van der Waals surface area contributed by atoms with Crippen LogP contribution in [-0.4, -0.2) is 35.7 Å². The Hall–Kier alpha value is -4.23. The van der Waals surface area contributed by atoms with Crippen molar-refractivity contribution < 1.29 is 31.1 Å². The summed E-state index contributed by atoms with van der Waals surface area (Å²) in [5, 5.41) is 14.0. The van der Waals surface area contributed by atoms with Crippen molar-refractivity contribution in [3.8, 4) is 5.82 Å². The molecule has 3 aromatic heterocycles. The topological polar surface area (TPSA) is 90.5 Å². The van der Waals surface area contributed by atoms with Crippen LogP contribution in [-0.2, 0) is 12.4 Å². The van der Waals surface area contributed by atoms with Gasteiger partial charge in [0.1, 0.15) is 0 Å². The number of benzene rings is 1. The number of hydrogen-bond donors (Lipinski definition) is 1. The first-order valence-electron chi connectivity index (χ1n) is 9.91. The molecular formula is C21H15F6N7O. The first-order chi connectivity index (χ1) is 16.4. The fraction of sp³-hybridized carbons (Fsp3) is 0.190. The van der Waals surface area contributed by atoms with Crippen LogP contribution in [0.1, 0.15) is 40.1 Å². The third kappa shape index (κ3) is 5.15. The molecular weight excluding hydrogens is 480 g/mol. The van der Waals surface area contributed by atoms with Gasteiger partial charge in [-0.05, 0) is 36.8 Å². The maximum absolute atomic E-state index is 13.5. The fourth-order valence-corrected chi connectivity index (χ4v) is 3.26. The molecule has 4 rings (SSSR count). The highest BCUT2D eigenvalue weighted by atomic mass is 19.4. The predicted octanol–water partition coefficient (Wildman–Crippen LogP) is 4.76. The number of alkyl halides is 6. The lowest BCUT2D eigenvalue weighted by molar-refractivity contribution is -0.143. The number of rotatable bonds is 5. The van der Waals surface area contributed by atoms with E-state index in [4.69, 9.17) is 0 Å². The van der Waals surface area contributed by atoms with Crippen LogP contribution in [0, 0.1) is 0 Å². The molecule has 1 atom stereocenters. The number of aromatic nitrogens is 6. The van der Waals surface area contributed by atoms with E-state index in [-0.39, 0.29) is 17.4 Å². The molecule has 4 aromatic rings. The van der Waals surface area contributed by atoms with Crippen molar-refractivity contribution in [3.63, 3.8) is 0 Å². The summed E-state index contributed by atoms with van der Waals surface area (Å²) >= 11 is 0. The number of nitrogens with zero attached hydrogens (tertiary/aromatic N) is 6. The van der Waals surface area contributed by atoms with Gasteiger partial charge in [0.25, 0.3) is 5.91 Å².